The van der Waals surface area contributed by atoms with Crippen molar-refractivity contribution in [1.82, 2.24) is 0 Å². The quantitative estimate of drug-likeness (QED) is 0.369. The van der Waals surface area contributed by atoms with Crippen LogP contribution in [0.5, 0.6) is 0 Å². The maximum Gasteiger partial charge on any atom is -0.0307 e. The fourth-order valence-electron chi connectivity index (χ4n) is 2.37. The van der Waals surface area contributed by atoms with Gasteiger partial charge in [0.15, 0.2) is 0 Å². The molecule has 121 valence electrons. The second kappa shape index (κ2) is 16.4. The Bertz CT molecular complexity index is 275. The molecule has 0 bridgehead atoms. The summed E-state index contributed by atoms with van der Waals surface area (Å²) in [6.07, 6.45) is 9.99. The molecule has 0 N–H and O–H groups in total. The van der Waals surface area contributed by atoms with Crippen molar-refractivity contribution in [1.29, 1.82) is 0 Å². The van der Waals surface area contributed by atoms with Crippen molar-refractivity contribution < 1.29 is 0 Å². The molecule has 0 saturated carbocycles. The van der Waals surface area contributed by atoms with Crippen LogP contribution in [0.3, 0.4) is 0 Å². The van der Waals surface area contributed by atoms with Crippen molar-refractivity contribution in [2.24, 2.45) is 0 Å². The second-order valence-electron chi connectivity index (χ2n) is 5.90. The average Bonchev–Trinajstić information content (AvgIpc) is 2.55. The predicted molar refractivity (Wildman–Crippen MR) is 101 cm³/mol. The average molecular weight is 396 g/mol. The summed E-state index contributed by atoms with van der Waals surface area (Å²) >= 11 is -0.839. The molecule has 1 aromatic rings. The number of unbranched alkanes of at least 4 members (excludes halogenated alkanes) is 3. The summed E-state index contributed by atoms with van der Waals surface area (Å²) in [6.45, 7) is 9.16. The molecule has 0 amide bonds. The molecule has 0 spiro atoms. The smallest absolute Gasteiger partial charge is 0.0307 e. The third-order valence-electron chi connectivity index (χ3n) is 3.90. The molecule has 1 aromatic carbocycles. The Labute approximate surface area is 141 Å². The van der Waals surface area contributed by atoms with Crippen LogP contribution in [0.2, 0.25) is 13.3 Å². The summed E-state index contributed by atoms with van der Waals surface area (Å²) in [5, 5.41) is 0. The van der Waals surface area contributed by atoms with Crippen molar-refractivity contribution in [3.05, 3.63) is 35.9 Å². The first-order valence-electron chi connectivity index (χ1n) is 9.15. The maximum atomic E-state index is 2.33. The molecule has 0 aliphatic carbocycles. The van der Waals surface area contributed by atoms with Crippen LogP contribution in [0.25, 0.3) is 0 Å². The molecule has 0 atom stereocenters. The molecule has 1 radical (unpaired) electrons. The third kappa shape index (κ3) is 13.4. The van der Waals surface area contributed by atoms with E-state index in [1.165, 1.54) is 44.1 Å². The van der Waals surface area contributed by atoms with Crippen molar-refractivity contribution in [3.63, 3.8) is 0 Å². The Hall–Kier alpha value is 0.0187. The van der Waals surface area contributed by atoms with Crippen molar-refractivity contribution in [3.8, 4) is 0 Å². The number of aryl methyl sites for hydroxylation is 1. The van der Waals surface area contributed by atoms with Gasteiger partial charge in [0.05, 0.1) is 0 Å². The first kappa shape index (κ1) is 21.0. The normalized spacial score (nSPS) is 10.3. The summed E-state index contributed by atoms with van der Waals surface area (Å²) in [4.78, 5) is 0. The first-order valence-corrected chi connectivity index (χ1v) is 15.2. The fourth-order valence-corrected chi connectivity index (χ4v) is 11.8. The zero-order valence-corrected chi connectivity index (χ0v) is 17.8. The van der Waals surface area contributed by atoms with Crippen molar-refractivity contribution >= 4 is 19.8 Å². The number of benzene rings is 1. The zero-order chi connectivity index (χ0) is 15.8. The molecule has 0 aliphatic heterocycles. The van der Waals surface area contributed by atoms with E-state index in [9.17, 15) is 0 Å². The molecule has 1 heteroatoms. The van der Waals surface area contributed by atoms with Gasteiger partial charge in [-0.1, -0.05) is 37.3 Å². The van der Waals surface area contributed by atoms with Gasteiger partial charge < -0.3 is 0 Å². The van der Waals surface area contributed by atoms with Gasteiger partial charge in [-0.15, -0.1) is 0 Å². The van der Waals surface area contributed by atoms with Crippen LogP contribution in [-0.2, 0) is 6.42 Å². The standard InChI is InChI=1S/C8H10.3C4H9.Sn/c1-2-8-6-4-3-5-7-8;3*1-3-4-2;/h3-7H,2H2,1H3;3*1,3-4H2,2H3;. The fraction of sp³-hybridized carbons (Fsp3) is 0.700. The monoisotopic (exact) mass is 397 g/mol. The predicted octanol–water partition coefficient (Wildman–Crippen LogP) is 7.13. The molecule has 0 fully saturated rings. The molecule has 21 heavy (non-hydrogen) atoms. The molecule has 0 heterocycles. The van der Waals surface area contributed by atoms with E-state index >= 15 is 0 Å². The molecule has 1 rings (SSSR count). The number of hydrogen-bond acceptors (Lipinski definition) is 0. The second-order valence-corrected chi connectivity index (χ2v) is 14.5. The molecule has 0 unspecified atom stereocenters. The van der Waals surface area contributed by atoms with Gasteiger partial charge in [0.1, 0.15) is 0 Å². The van der Waals surface area contributed by atoms with E-state index in [2.05, 4.69) is 52.0 Å². The summed E-state index contributed by atoms with van der Waals surface area (Å²) in [5.41, 5.74) is 1.41. The molecule has 0 nitrogen and oxygen atoms in total. The number of hydrogen-bond donors (Lipinski definition) is 0. The SMILES string of the molecule is CCC[CH2][Sn]([CH2]CCC)[CH2]CCC.CCc1ccccc1. The molecular weight excluding hydrogens is 359 g/mol. The maximum absolute atomic E-state index is 2.33. The summed E-state index contributed by atoms with van der Waals surface area (Å²) < 4.78 is 5.04. The van der Waals surface area contributed by atoms with Gasteiger partial charge in [-0.2, -0.15) is 0 Å². The Kier molecular flexibility index (Phi) is 16.4. The van der Waals surface area contributed by atoms with Crippen LogP contribution in [-0.4, -0.2) is 19.8 Å². The summed E-state index contributed by atoms with van der Waals surface area (Å²) in [7, 11) is 0. The molecular formula is C20H37Sn. The van der Waals surface area contributed by atoms with Crippen LogP contribution in [0.4, 0.5) is 0 Å². The van der Waals surface area contributed by atoms with E-state index in [0.29, 0.717) is 0 Å². The van der Waals surface area contributed by atoms with Crippen molar-refractivity contribution in [2.75, 3.05) is 0 Å². The van der Waals surface area contributed by atoms with E-state index in [-0.39, 0.29) is 0 Å². The van der Waals surface area contributed by atoms with Crippen LogP contribution < -0.4 is 0 Å². The molecule has 0 saturated heterocycles. The van der Waals surface area contributed by atoms with E-state index < -0.39 is 19.8 Å². The largest absolute Gasteiger partial charge is 0.0622 e. The van der Waals surface area contributed by atoms with E-state index in [1.54, 1.807) is 13.3 Å². The van der Waals surface area contributed by atoms with Crippen LogP contribution in [0, 0.1) is 0 Å². The molecule has 0 aromatic heterocycles. The van der Waals surface area contributed by atoms with Crippen LogP contribution >= 0.6 is 0 Å². The summed E-state index contributed by atoms with van der Waals surface area (Å²) in [6, 6.07) is 10.5. The zero-order valence-electron chi connectivity index (χ0n) is 15.0. The van der Waals surface area contributed by atoms with Gasteiger partial charge in [0, 0.05) is 0 Å². The van der Waals surface area contributed by atoms with Gasteiger partial charge in [-0.05, 0) is 12.0 Å². The van der Waals surface area contributed by atoms with Crippen LogP contribution in [0.1, 0.15) is 71.8 Å². The van der Waals surface area contributed by atoms with Crippen LogP contribution in [0.15, 0.2) is 30.3 Å². The third-order valence-corrected chi connectivity index (χ3v) is 13.0. The Morgan fingerprint density at radius 1 is 0.667 bits per heavy atom. The van der Waals surface area contributed by atoms with Gasteiger partial charge in [0.2, 0.25) is 0 Å². The van der Waals surface area contributed by atoms with Gasteiger partial charge in [-0.25, -0.2) is 0 Å². The minimum absolute atomic E-state index is 0.839. The Morgan fingerprint density at radius 2 is 1.10 bits per heavy atom. The van der Waals surface area contributed by atoms with E-state index in [1.807, 2.05) is 6.07 Å². The Balaban J connectivity index is 0.000000423. The number of rotatable bonds is 10. The topological polar surface area (TPSA) is 0 Å². The first-order chi connectivity index (χ1) is 10.3. The van der Waals surface area contributed by atoms with Crippen molar-refractivity contribution in [2.45, 2.75) is 86.0 Å². The minimum Gasteiger partial charge on any atom is -0.0622 e. The Morgan fingerprint density at radius 3 is 1.38 bits per heavy atom. The van der Waals surface area contributed by atoms with Gasteiger partial charge in [-0.3, -0.25) is 0 Å². The summed E-state index contributed by atoms with van der Waals surface area (Å²) in [5.74, 6) is 0. The van der Waals surface area contributed by atoms with Gasteiger partial charge >= 0.3 is 92.4 Å². The van der Waals surface area contributed by atoms with Gasteiger partial charge in [0.25, 0.3) is 0 Å². The molecule has 0 aliphatic rings. The minimum atomic E-state index is -0.839. The van der Waals surface area contributed by atoms with E-state index in [0.717, 1.165) is 6.42 Å². The van der Waals surface area contributed by atoms with E-state index in [4.69, 9.17) is 0 Å².